The van der Waals surface area contributed by atoms with E-state index >= 15 is 0 Å². The summed E-state index contributed by atoms with van der Waals surface area (Å²) >= 11 is 0. The molecule has 0 radical (unpaired) electrons. The SMILES string of the molecule is CN1CCN([C@H]2CCC[C@H](N(C)C(C)(C)C)C2)CC1. The second-order valence-corrected chi connectivity index (χ2v) is 7.60. The molecule has 3 nitrogen and oxygen atoms in total. The first-order valence-corrected chi connectivity index (χ1v) is 8.03. The van der Waals surface area contributed by atoms with E-state index < -0.39 is 0 Å². The first-order chi connectivity index (χ1) is 8.88. The van der Waals surface area contributed by atoms with E-state index in [4.69, 9.17) is 0 Å². The van der Waals surface area contributed by atoms with Crippen molar-refractivity contribution in [2.75, 3.05) is 40.3 Å². The monoisotopic (exact) mass is 267 g/mol. The smallest absolute Gasteiger partial charge is 0.0124 e. The Morgan fingerprint density at radius 3 is 2.21 bits per heavy atom. The Hall–Kier alpha value is -0.120. The second kappa shape index (κ2) is 6.11. The number of hydrogen-bond donors (Lipinski definition) is 0. The van der Waals surface area contributed by atoms with Crippen LogP contribution in [0, 0.1) is 0 Å². The first-order valence-electron chi connectivity index (χ1n) is 8.03. The van der Waals surface area contributed by atoms with Crippen molar-refractivity contribution in [3.8, 4) is 0 Å². The van der Waals surface area contributed by atoms with E-state index in [0.717, 1.165) is 12.1 Å². The third kappa shape index (κ3) is 3.93. The molecule has 1 saturated heterocycles. The highest BCUT2D eigenvalue weighted by Crippen LogP contribution is 2.29. The summed E-state index contributed by atoms with van der Waals surface area (Å²) < 4.78 is 0. The molecule has 0 aromatic rings. The van der Waals surface area contributed by atoms with Crippen molar-refractivity contribution in [3.05, 3.63) is 0 Å². The fourth-order valence-electron chi connectivity index (χ4n) is 3.56. The summed E-state index contributed by atoms with van der Waals surface area (Å²) in [6.07, 6.45) is 5.58. The molecule has 0 bridgehead atoms. The average Bonchev–Trinajstić information content (AvgIpc) is 2.38. The number of hydrogen-bond acceptors (Lipinski definition) is 3. The molecule has 2 fully saturated rings. The highest BCUT2D eigenvalue weighted by atomic mass is 15.3. The van der Waals surface area contributed by atoms with Gasteiger partial charge in [-0.1, -0.05) is 6.42 Å². The van der Waals surface area contributed by atoms with Crippen LogP contribution in [-0.2, 0) is 0 Å². The Morgan fingerprint density at radius 2 is 1.63 bits per heavy atom. The topological polar surface area (TPSA) is 9.72 Å². The van der Waals surface area contributed by atoms with Crippen molar-refractivity contribution in [3.63, 3.8) is 0 Å². The molecule has 112 valence electrons. The quantitative estimate of drug-likeness (QED) is 0.760. The van der Waals surface area contributed by atoms with Gasteiger partial charge < -0.3 is 4.90 Å². The number of rotatable bonds is 2. The number of likely N-dealkylation sites (N-methyl/N-ethyl adjacent to an activating group) is 1. The standard InChI is InChI=1S/C16H33N3/c1-16(2,3)18(5)14-7-6-8-15(13-14)19-11-9-17(4)10-12-19/h14-15H,6-13H2,1-5H3/t14-,15-/m0/s1. The lowest BCUT2D eigenvalue weighted by Crippen LogP contribution is -2.54. The minimum absolute atomic E-state index is 0.300. The Bertz CT molecular complexity index is 276. The van der Waals surface area contributed by atoms with E-state index in [2.05, 4.69) is 49.6 Å². The zero-order valence-electron chi connectivity index (χ0n) is 13.7. The highest BCUT2D eigenvalue weighted by molar-refractivity contribution is 4.89. The van der Waals surface area contributed by atoms with Crippen LogP contribution in [0.3, 0.4) is 0 Å². The van der Waals surface area contributed by atoms with Crippen LogP contribution in [0.15, 0.2) is 0 Å². The number of nitrogens with zero attached hydrogens (tertiary/aromatic N) is 3. The molecular formula is C16H33N3. The molecule has 0 aromatic carbocycles. The van der Waals surface area contributed by atoms with Gasteiger partial charge in [-0.15, -0.1) is 0 Å². The molecule has 0 unspecified atom stereocenters. The molecule has 19 heavy (non-hydrogen) atoms. The van der Waals surface area contributed by atoms with Gasteiger partial charge in [-0.25, -0.2) is 0 Å². The van der Waals surface area contributed by atoms with Gasteiger partial charge in [-0.2, -0.15) is 0 Å². The molecule has 2 rings (SSSR count). The summed E-state index contributed by atoms with van der Waals surface area (Å²) in [7, 11) is 4.56. The van der Waals surface area contributed by atoms with Gasteiger partial charge in [0, 0.05) is 43.8 Å². The third-order valence-corrected chi connectivity index (χ3v) is 5.28. The molecule has 1 saturated carbocycles. The van der Waals surface area contributed by atoms with E-state index in [-0.39, 0.29) is 0 Å². The fraction of sp³-hybridized carbons (Fsp3) is 1.00. The summed E-state index contributed by atoms with van der Waals surface area (Å²) in [6.45, 7) is 12.1. The molecule has 2 atom stereocenters. The minimum Gasteiger partial charge on any atom is -0.304 e. The molecule has 1 aliphatic heterocycles. The highest BCUT2D eigenvalue weighted by Gasteiger charge is 2.33. The van der Waals surface area contributed by atoms with Crippen LogP contribution in [0.25, 0.3) is 0 Å². The van der Waals surface area contributed by atoms with Gasteiger partial charge in [0.25, 0.3) is 0 Å². The van der Waals surface area contributed by atoms with Crippen LogP contribution >= 0.6 is 0 Å². The summed E-state index contributed by atoms with van der Waals surface area (Å²) in [6, 6.07) is 1.61. The van der Waals surface area contributed by atoms with Gasteiger partial charge in [0.05, 0.1) is 0 Å². The predicted molar refractivity (Wildman–Crippen MR) is 82.6 cm³/mol. The number of piperazine rings is 1. The molecule has 0 N–H and O–H groups in total. The van der Waals surface area contributed by atoms with Gasteiger partial charge >= 0.3 is 0 Å². The van der Waals surface area contributed by atoms with Crippen LogP contribution in [0.2, 0.25) is 0 Å². The largest absolute Gasteiger partial charge is 0.304 e. The van der Waals surface area contributed by atoms with Crippen LogP contribution < -0.4 is 0 Å². The van der Waals surface area contributed by atoms with Gasteiger partial charge in [-0.3, -0.25) is 9.80 Å². The Morgan fingerprint density at radius 1 is 1.00 bits per heavy atom. The van der Waals surface area contributed by atoms with Crippen LogP contribution in [0.1, 0.15) is 46.5 Å². The van der Waals surface area contributed by atoms with Gasteiger partial charge in [0.15, 0.2) is 0 Å². The van der Waals surface area contributed by atoms with Gasteiger partial charge in [0.2, 0.25) is 0 Å². The van der Waals surface area contributed by atoms with Gasteiger partial charge in [-0.05, 0) is 54.1 Å². The molecule has 0 aromatic heterocycles. The third-order valence-electron chi connectivity index (χ3n) is 5.28. The summed E-state index contributed by atoms with van der Waals surface area (Å²) in [4.78, 5) is 7.82. The Labute approximate surface area is 119 Å². The molecule has 3 heteroatoms. The lowest BCUT2D eigenvalue weighted by atomic mass is 9.87. The molecule has 1 heterocycles. The van der Waals surface area contributed by atoms with Crippen LogP contribution in [0.4, 0.5) is 0 Å². The van der Waals surface area contributed by atoms with Crippen molar-refractivity contribution in [1.29, 1.82) is 0 Å². The molecule has 0 amide bonds. The maximum atomic E-state index is 2.75. The fourth-order valence-corrected chi connectivity index (χ4v) is 3.56. The van der Waals surface area contributed by atoms with E-state index in [9.17, 15) is 0 Å². The van der Waals surface area contributed by atoms with Crippen LogP contribution in [0.5, 0.6) is 0 Å². The molecule has 2 aliphatic rings. The summed E-state index contributed by atoms with van der Waals surface area (Å²) in [5.41, 5.74) is 0.300. The zero-order chi connectivity index (χ0) is 14.0. The van der Waals surface area contributed by atoms with Crippen molar-refractivity contribution in [2.24, 2.45) is 0 Å². The summed E-state index contributed by atoms with van der Waals surface area (Å²) in [5.74, 6) is 0. The molecular weight excluding hydrogens is 234 g/mol. The average molecular weight is 267 g/mol. The van der Waals surface area contributed by atoms with Crippen LogP contribution in [-0.4, -0.2) is 72.6 Å². The van der Waals surface area contributed by atoms with E-state index in [1.54, 1.807) is 0 Å². The van der Waals surface area contributed by atoms with Crippen molar-refractivity contribution in [2.45, 2.75) is 64.1 Å². The van der Waals surface area contributed by atoms with E-state index in [0.29, 0.717) is 5.54 Å². The maximum absolute atomic E-state index is 2.75. The van der Waals surface area contributed by atoms with E-state index in [1.165, 1.54) is 51.9 Å². The normalized spacial score (nSPS) is 31.9. The maximum Gasteiger partial charge on any atom is 0.0124 e. The summed E-state index contributed by atoms with van der Waals surface area (Å²) in [5, 5.41) is 0. The second-order valence-electron chi connectivity index (χ2n) is 7.60. The van der Waals surface area contributed by atoms with E-state index in [1.807, 2.05) is 0 Å². The molecule has 1 aliphatic carbocycles. The lowest BCUT2D eigenvalue weighted by molar-refractivity contribution is 0.0341. The first kappa shape index (κ1) is 15.3. The zero-order valence-corrected chi connectivity index (χ0v) is 13.7. The van der Waals surface area contributed by atoms with Gasteiger partial charge in [0.1, 0.15) is 0 Å². The minimum atomic E-state index is 0.300. The van der Waals surface area contributed by atoms with Crippen molar-refractivity contribution < 1.29 is 0 Å². The predicted octanol–water partition coefficient (Wildman–Crippen LogP) is 2.28. The lowest BCUT2D eigenvalue weighted by Gasteiger charge is -2.46. The molecule has 0 spiro atoms. The Kier molecular flexibility index (Phi) is 4.91. The Balaban J connectivity index is 1.90. The van der Waals surface area contributed by atoms with Crippen molar-refractivity contribution in [1.82, 2.24) is 14.7 Å². The van der Waals surface area contributed by atoms with Crippen molar-refractivity contribution >= 4 is 0 Å².